The molecule has 0 radical (unpaired) electrons. The molecule has 0 amide bonds. The summed E-state index contributed by atoms with van der Waals surface area (Å²) < 4.78 is 68.5. The van der Waals surface area contributed by atoms with E-state index in [1.807, 2.05) is 0 Å². The van der Waals surface area contributed by atoms with Gasteiger partial charge in [0, 0.05) is 25.7 Å². The van der Waals surface area contributed by atoms with Gasteiger partial charge in [-0.25, -0.2) is 9.13 Å². The predicted octanol–water partition coefficient (Wildman–Crippen LogP) is 21.7. The Morgan fingerprint density at radius 1 is 0.266 bits per heavy atom. The van der Waals surface area contributed by atoms with E-state index in [9.17, 15) is 43.2 Å². The molecule has 0 heterocycles. The van der Waals surface area contributed by atoms with Gasteiger partial charge in [-0.05, 0) is 49.4 Å². The smallest absolute Gasteiger partial charge is 0.462 e. The molecule has 3 unspecified atom stereocenters. The molecule has 0 saturated carbocycles. The van der Waals surface area contributed by atoms with Crippen molar-refractivity contribution in [3.05, 3.63) is 0 Å². The number of unbranched alkanes of at least 4 members (excludes halogenated alkanes) is 38. The average Bonchev–Trinajstić information content (AvgIpc) is 1.63. The fraction of sp³-hybridized carbons (Fsp3) is 0.947. The topological polar surface area (TPSA) is 237 Å². The van der Waals surface area contributed by atoms with Crippen molar-refractivity contribution < 1.29 is 80.2 Å². The average molecular weight is 1380 g/mol. The lowest BCUT2D eigenvalue weighted by Crippen LogP contribution is -2.30. The van der Waals surface area contributed by atoms with Crippen molar-refractivity contribution >= 4 is 39.5 Å². The Morgan fingerprint density at radius 3 is 0.660 bits per heavy atom. The summed E-state index contributed by atoms with van der Waals surface area (Å²) in [4.78, 5) is 72.8. The first-order valence-corrected chi connectivity index (χ1v) is 41.7. The van der Waals surface area contributed by atoms with Crippen LogP contribution in [0.3, 0.4) is 0 Å². The number of hydrogen-bond donors (Lipinski definition) is 3. The minimum absolute atomic E-state index is 0.105. The van der Waals surface area contributed by atoms with E-state index in [2.05, 4.69) is 55.4 Å². The number of aliphatic hydroxyl groups excluding tert-OH is 1. The molecule has 0 aromatic carbocycles. The summed E-state index contributed by atoms with van der Waals surface area (Å²) in [6, 6.07) is 0. The molecule has 0 aromatic rings. The van der Waals surface area contributed by atoms with Gasteiger partial charge in [-0.1, -0.05) is 325 Å². The maximum Gasteiger partial charge on any atom is 0.472 e. The molecule has 0 spiro atoms. The lowest BCUT2D eigenvalue weighted by molar-refractivity contribution is -0.161. The van der Waals surface area contributed by atoms with Crippen LogP contribution in [0.1, 0.15) is 376 Å². The molecule has 0 saturated heterocycles. The lowest BCUT2D eigenvalue weighted by atomic mass is 10.0. The molecule has 94 heavy (non-hydrogen) atoms. The Morgan fingerprint density at radius 2 is 0.447 bits per heavy atom. The predicted molar refractivity (Wildman–Crippen MR) is 381 cm³/mol. The van der Waals surface area contributed by atoms with Gasteiger partial charge in [0.1, 0.15) is 19.3 Å². The fourth-order valence-electron chi connectivity index (χ4n) is 11.4. The number of hydrogen-bond acceptors (Lipinski definition) is 15. The van der Waals surface area contributed by atoms with Crippen molar-refractivity contribution in [2.75, 3.05) is 39.6 Å². The molecule has 558 valence electrons. The second-order valence-electron chi connectivity index (χ2n) is 28.9. The molecule has 19 heteroatoms. The van der Waals surface area contributed by atoms with Crippen LogP contribution in [0.4, 0.5) is 0 Å². The molecule has 0 bridgehead atoms. The fourth-order valence-corrected chi connectivity index (χ4v) is 13.0. The van der Waals surface area contributed by atoms with E-state index >= 15 is 0 Å². The van der Waals surface area contributed by atoms with Crippen LogP contribution in [0.2, 0.25) is 0 Å². The first-order chi connectivity index (χ1) is 45.1. The van der Waals surface area contributed by atoms with Gasteiger partial charge in [0.15, 0.2) is 12.2 Å². The van der Waals surface area contributed by atoms with Crippen LogP contribution < -0.4 is 0 Å². The summed E-state index contributed by atoms with van der Waals surface area (Å²) in [6.07, 6.45) is 48.6. The largest absolute Gasteiger partial charge is 0.472 e. The zero-order valence-electron chi connectivity index (χ0n) is 61.6. The van der Waals surface area contributed by atoms with Crippen molar-refractivity contribution in [1.29, 1.82) is 0 Å². The summed E-state index contributed by atoms with van der Waals surface area (Å²) in [5, 5.41) is 10.6. The number of phosphoric acid groups is 2. The Balaban J connectivity index is 5.25. The monoisotopic (exact) mass is 1380 g/mol. The van der Waals surface area contributed by atoms with Gasteiger partial charge in [0.2, 0.25) is 0 Å². The van der Waals surface area contributed by atoms with Gasteiger partial charge >= 0.3 is 39.5 Å². The molecular formula is C75H146O17P2. The summed E-state index contributed by atoms with van der Waals surface area (Å²) in [5.41, 5.74) is 0. The molecule has 0 rings (SSSR count). The normalized spacial score (nSPS) is 14.2. The van der Waals surface area contributed by atoms with Crippen LogP contribution >= 0.6 is 15.6 Å². The van der Waals surface area contributed by atoms with E-state index in [0.717, 1.165) is 114 Å². The number of rotatable bonds is 72. The van der Waals surface area contributed by atoms with Gasteiger partial charge in [0.05, 0.1) is 26.4 Å². The Kier molecular flexibility index (Phi) is 63.1. The minimum Gasteiger partial charge on any atom is -0.462 e. The van der Waals surface area contributed by atoms with Crippen LogP contribution in [0.5, 0.6) is 0 Å². The van der Waals surface area contributed by atoms with Crippen molar-refractivity contribution in [3.8, 4) is 0 Å². The summed E-state index contributed by atoms with van der Waals surface area (Å²) in [6.45, 7) is 14.2. The molecular weight excluding hydrogens is 1230 g/mol. The number of esters is 4. The summed E-state index contributed by atoms with van der Waals surface area (Å²) in [5.74, 6) is 0.902. The van der Waals surface area contributed by atoms with Crippen molar-refractivity contribution in [1.82, 2.24) is 0 Å². The van der Waals surface area contributed by atoms with Crippen LogP contribution in [-0.2, 0) is 65.4 Å². The maximum absolute atomic E-state index is 13.1. The van der Waals surface area contributed by atoms with E-state index in [0.29, 0.717) is 25.7 Å². The number of aliphatic hydroxyl groups is 1. The Labute approximate surface area is 575 Å². The summed E-state index contributed by atoms with van der Waals surface area (Å²) >= 11 is 0. The SMILES string of the molecule is CC(C)CCCCCCCCCCCCCCCCCC(=O)O[C@H](COC(=O)CCCCCCCCCCCC(C)C)COP(=O)(O)OCC(O)COP(=O)(O)OC[C@@H](COC(=O)CCCCCCCCCCC(C)C)OC(=O)CCCCCCCCCCCCC(C)C. The van der Waals surface area contributed by atoms with Crippen molar-refractivity contribution in [2.24, 2.45) is 23.7 Å². The molecule has 17 nitrogen and oxygen atoms in total. The van der Waals surface area contributed by atoms with Gasteiger partial charge in [-0.15, -0.1) is 0 Å². The van der Waals surface area contributed by atoms with Gasteiger partial charge in [-0.2, -0.15) is 0 Å². The van der Waals surface area contributed by atoms with E-state index in [-0.39, 0.29) is 25.7 Å². The van der Waals surface area contributed by atoms with E-state index in [1.165, 1.54) is 180 Å². The van der Waals surface area contributed by atoms with Crippen LogP contribution in [0, 0.1) is 23.7 Å². The molecule has 0 aliphatic carbocycles. The highest BCUT2D eigenvalue weighted by Gasteiger charge is 2.30. The van der Waals surface area contributed by atoms with E-state index < -0.39 is 97.5 Å². The lowest BCUT2D eigenvalue weighted by Gasteiger charge is -2.21. The van der Waals surface area contributed by atoms with Crippen LogP contribution in [0.15, 0.2) is 0 Å². The van der Waals surface area contributed by atoms with E-state index in [4.69, 9.17) is 37.0 Å². The maximum atomic E-state index is 13.1. The molecule has 5 atom stereocenters. The highest BCUT2D eigenvalue weighted by Crippen LogP contribution is 2.45. The third-order valence-corrected chi connectivity index (χ3v) is 19.2. The van der Waals surface area contributed by atoms with Crippen LogP contribution in [-0.4, -0.2) is 96.7 Å². The molecule has 0 aliphatic rings. The molecule has 0 fully saturated rings. The first kappa shape index (κ1) is 92.1. The molecule has 0 aliphatic heterocycles. The van der Waals surface area contributed by atoms with Gasteiger partial charge in [0.25, 0.3) is 0 Å². The number of carbonyl (C=O) groups excluding carboxylic acids is 4. The third-order valence-electron chi connectivity index (χ3n) is 17.3. The molecule has 0 aromatic heterocycles. The second-order valence-corrected chi connectivity index (χ2v) is 31.9. The standard InChI is InChI=1S/C75H146O17P2/c1-65(2)51-43-35-27-19-14-12-10-9-11-13-15-22-33-41-49-57-74(79)91-70(61-85-72(77)55-47-39-31-24-18-21-29-37-45-53-67(5)6)63-89-93(81,82)87-59-69(76)60-88-94(83,84)90-64-71(62-86-73(78)56-48-40-32-26-25-30-38-46-54-68(7)8)92-75(80)58-50-42-34-23-17-16-20-28-36-44-52-66(3)4/h65-71,76H,9-64H2,1-8H3,(H,81,82)(H,83,84)/t69?,70-,71-/m1/s1. The Bertz CT molecular complexity index is 1850. The third kappa shape index (κ3) is 68.6. The van der Waals surface area contributed by atoms with Gasteiger partial charge in [-0.3, -0.25) is 37.3 Å². The Hall–Kier alpha value is -1.94. The van der Waals surface area contributed by atoms with E-state index in [1.54, 1.807) is 0 Å². The van der Waals surface area contributed by atoms with Crippen LogP contribution in [0.25, 0.3) is 0 Å². The zero-order valence-corrected chi connectivity index (χ0v) is 63.4. The first-order valence-electron chi connectivity index (χ1n) is 38.7. The van der Waals surface area contributed by atoms with Crippen molar-refractivity contribution in [3.63, 3.8) is 0 Å². The second kappa shape index (κ2) is 64.4. The number of ether oxygens (including phenoxy) is 4. The highest BCUT2D eigenvalue weighted by molar-refractivity contribution is 7.47. The van der Waals surface area contributed by atoms with Gasteiger partial charge < -0.3 is 33.8 Å². The number of carbonyl (C=O) groups is 4. The molecule has 3 N–H and O–H groups in total. The highest BCUT2D eigenvalue weighted by atomic mass is 31.2. The van der Waals surface area contributed by atoms with Crippen molar-refractivity contribution in [2.45, 2.75) is 395 Å². The quantitative estimate of drug-likeness (QED) is 0.0222. The summed E-state index contributed by atoms with van der Waals surface area (Å²) in [7, 11) is -9.91. The minimum atomic E-state index is -4.96. The number of phosphoric ester groups is 2. The zero-order chi connectivity index (χ0) is 69.6.